The molecule has 1 unspecified atom stereocenters. The fourth-order valence-corrected chi connectivity index (χ4v) is 3.02. The van der Waals surface area contributed by atoms with E-state index in [1.807, 2.05) is 11.8 Å². The fourth-order valence-electron chi connectivity index (χ4n) is 2.31. The molecule has 0 aliphatic rings. The lowest BCUT2D eigenvalue weighted by molar-refractivity contribution is 0.526. The van der Waals surface area contributed by atoms with E-state index in [0.29, 0.717) is 6.04 Å². The van der Waals surface area contributed by atoms with Gasteiger partial charge in [0.1, 0.15) is 0 Å². The molecule has 0 rings (SSSR count). The van der Waals surface area contributed by atoms with E-state index in [1.54, 1.807) is 0 Å². The highest BCUT2D eigenvalue weighted by Gasteiger charge is 1.99. The summed E-state index contributed by atoms with van der Waals surface area (Å²) >= 11 is 2.04. The van der Waals surface area contributed by atoms with Gasteiger partial charge in [-0.25, -0.2) is 0 Å². The maximum Gasteiger partial charge on any atom is 0.0129 e. The molecule has 0 bridgehead atoms. The summed E-state index contributed by atoms with van der Waals surface area (Å²) < 4.78 is 0. The normalized spacial score (nSPS) is 12.8. The number of unbranched alkanes of at least 4 members (excludes halogenated alkanes) is 9. The van der Waals surface area contributed by atoms with Crippen LogP contribution >= 0.6 is 11.8 Å². The molecule has 116 valence electrons. The molecule has 1 nitrogen and oxygen atoms in total. The Kier molecular flexibility index (Phi) is 16.6. The summed E-state index contributed by atoms with van der Waals surface area (Å²) in [7, 11) is 0. The molecule has 0 fully saturated rings. The number of thioether (sulfide) groups is 1. The minimum absolute atomic E-state index is 0.684. The molecule has 1 N–H and O–H groups in total. The third-order valence-corrected chi connectivity index (χ3v) is 4.74. The van der Waals surface area contributed by atoms with Crippen molar-refractivity contribution in [2.45, 2.75) is 91.0 Å². The Labute approximate surface area is 126 Å². The van der Waals surface area contributed by atoms with E-state index in [9.17, 15) is 0 Å². The topological polar surface area (TPSA) is 12.0 Å². The zero-order chi connectivity index (χ0) is 14.2. The number of hydrogen-bond donors (Lipinski definition) is 1. The van der Waals surface area contributed by atoms with Gasteiger partial charge in [0.05, 0.1) is 0 Å². The summed E-state index contributed by atoms with van der Waals surface area (Å²) in [6.07, 6.45) is 14.3. The monoisotopic (exact) mass is 287 g/mol. The van der Waals surface area contributed by atoms with Crippen molar-refractivity contribution in [1.82, 2.24) is 5.32 Å². The van der Waals surface area contributed by atoms with Gasteiger partial charge in [-0.2, -0.15) is 11.8 Å². The molecule has 0 saturated heterocycles. The lowest BCUT2D eigenvalue weighted by Crippen LogP contribution is -2.29. The first-order chi connectivity index (χ1) is 9.31. The standard InChI is InChI=1S/C17H37NS/c1-4-6-7-8-9-10-11-12-13-14-15-18-17(3)16-19-5-2/h17-18H,4-16H2,1-3H3. The molecule has 0 aromatic rings. The van der Waals surface area contributed by atoms with Crippen molar-refractivity contribution in [2.75, 3.05) is 18.1 Å². The predicted molar refractivity (Wildman–Crippen MR) is 92.3 cm³/mol. The van der Waals surface area contributed by atoms with Crippen LogP contribution in [-0.4, -0.2) is 24.1 Å². The van der Waals surface area contributed by atoms with E-state index in [2.05, 4.69) is 26.1 Å². The van der Waals surface area contributed by atoms with Gasteiger partial charge in [-0.1, -0.05) is 71.6 Å². The summed E-state index contributed by atoms with van der Waals surface area (Å²) in [6, 6.07) is 0.684. The molecule has 19 heavy (non-hydrogen) atoms. The van der Waals surface area contributed by atoms with E-state index in [1.165, 1.54) is 82.3 Å². The van der Waals surface area contributed by atoms with Crippen molar-refractivity contribution < 1.29 is 0 Å². The summed E-state index contributed by atoms with van der Waals surface area (Å²) in [6.45, 7) is 8.04. The number of hydrogen-bond acceptors (Lipinski definition) is 2. The molecular weight excluding hydrogens is 250 g/mol. The van der Waals surface area contributed by atoms with E-state index in [-0.39, 0.29) is 0 Å². The van der Waals surface area contributed by atoms with Crippen LogP contribution in [0.2, 0.25) is 0 Å². The Balaban J connectivity index is 3.02. The lowest BCUT2D eigenvalue weighted by Gasteiger charge is -2.12. The Bertz CT molecular complexity index is 161. The number of rotatable bonds is 15. The van der Waals surface area contributed by atoms with Crippen molar-refractivity contribution >= 4 is 11.8 Å². The van der Waals surface area contributed by atoms with E-state index >= 15 is 0 Å². The maximum absolute atomic E-state index is 3.62. The van der Waals surface area contributed by atoms with E-state index in [4.69, 9.17) is 0 Å². The zero-order valence-corrected chi connectivity index (χ0v) is 14.5. The molecule has 1 atom stereocenters. The van der Waals surface area contributed by atoms with Gasteiger partial charge in [0.25, 0.3) is 0 Å². The van der Waals surface area contributed by atoms with Crippen LogP contribution in [-0.2, 0) is 0 Å². The zero-order valence-electron chi connectivity index (χ0n) is 13.7. The molecule has 0 saturated carbocycles. The fraction of sp³-hybridized carbons (Fsp3) is 1.00. The van der Waals surface area contributed by atoms with E-state index < -0.39 is 0 Å². The second kappa shape index (κ2) is 16.4. The molecular formula is C17H37NS. The first kappa shape index (κ1) is 19.3. The van der Waals surface area contributed by atoms with Gasteiger partial charge >= 0.3 is 0 Å². The molecule has 0 aromatic heterocycles. The van der Waals surface area contributed by atoms with Gasteiger partial charge in [0, 0.05) is 11.8 Å². The average Bonchev–Trinajstić information content (AvgIpc) is 2.42. The van der Waals surface area contributed by atoms with Crippen LogP contribution in [0.4, 0.5) is 0 Å². The summed E-state index contributed by atoms with van der Waals surface area (Å²) in [5.41, 5.74) is 0. The SMILES string of the molecule is CCCCCCCCCCCCNC(C)CSCC. The molecule has 2 heteroatoms. The smallest absolute Gasteiger partial charge is 0.0129 e. The highest BCUT2D eigenvalue weighted by Crippen LogP contribution is 2.10. The summed E-state index contributed by atoms with van der Waals surface area (Å²) in [5, 5.41) is 3.62. The molecule has 0 aliphatic heterocycles. The molecule has 0 radical (unpaired) electrons. The predicted octanol–water partition coefficient (Wildman–Crippen LogP) is 5.64. The van der Waals surface area contributed by atoms with E-state index in [0.717, 1.165) is 0 Å². The first-order valence-corrected chi connectivity index (χ1v) is 9.77. The van der Waals surface area contributed by atoms with Crippen LogP contribution in [0.15, 0.2) is 0 Å². The van der Waals surface area contributed by atoms with Gasteiger partial charge < -0.3 is 5.32 Å². The van der Waals surface area contributed by atoms with Gasteiger partial charge in [-0.05, 0) is 25.6 Å². The van der Waals surface area contributed by atoms with Crippen LogP contribution in [0.5, 0.6) is 0 Å². The third-order valence-electron chi connectivity index (χ3n) is 3.60. The van der Waals surface area contributed by atoms with Gasteiger partial charge in [0.2, 0.25) is 0 Å². The van der Waals surface area contributed by atoms with Crippen molar-refractivity contribution in [2.24, 2.45) is 0 Å². The van der Waals surface area contributed by atoms with Gasteiger partial charge in [-0.3, -0.25) is 0 Å². The second-order valence-electron chi connectivity index (χ2n) is 5.70. The second-order valence-corrected chi connectivity index (χ2v) is 7.02. The quantitative estimate of drug-likeness (QED) is 0.391. The first-order valence-electron chi connectivity index (χ1n) is 8.62. The average molecular weight is 288 g/mol. The maximum atomic E-state index is 3.62. The largest absolute Gasteiger partial charge is 0.313 e. The molecule has 0 spiro atoms. The van der Waals surface area contributed by atoms with Crippen molar-refractivity contribution in [3.05, 3.63) is 0 Å². The highest BCUT2D eigenvalue weighted by molar-refractivity contribution is 7.99. The number of nitrogens with one attached hydrogen (secondary N) is 1. The molecule has 0 amide bonds. The third kappa shape index (κ3) is 16.3. The van der Waals surface area contributed by atoms with Crippen molar-refractivity contribution in [3.8, 4) is 0 Å². The minimum atomic E-state index is 0.684. The van der Waals surface area contributed by atoms with Gasteiger partial charge in [-0.15, -0.1) is 0 Å². The van der Waals surface area contributed by atoms with Crippen LogP contribution in [0.25, 0.3) is 0 Å². The van der Waals surface area contributed by atoms with Crippen LogP contribution in [0, 0.1) is 0 Å². The lowest BCUT2D eigenvalue weighted by atomic mass is 10.1. The summed E-state index contributed by atoms with van der Waals surface area (Å²) in [5.74, 6) is 2.50. The summed E-state index contributed by atoms with van der Waals surface area (Å²) in [4.78, 5) is 0. The Hall–Kier alpha value is 0.310. The highest BCUT2D eigenvalue weighted by atomic mass is 32.2. The Morgan fingerprint density at radius 3 is 1.84 bits per heavy atom. The van der Waals surface area contributed by atoms with Crippen molar-refractivity contribution in [1.29, 1.82) is 0 Å². The Morgan fingerprint density at radius 1 is 0.789 bits per heavy atom. The van der Waals surface area contributed by atoms with Crippen LogP contribution in [0.3, 0.4) is 0 Å². The molecule has 0 heterocycles. The molecule has 0 aromatic carbocycles. The van der Waals surface area contributed by atoms with Gasteiger partial charge in [0.15, 0.2) is 0 Å². The Morgan fingerprint density at radius 2 is 1.32 bits per heavy atom. The molecule has 0 aliphatic carbocycles. The van der Waals surface area contributed by atoms with Crippen molar-refractivity contribution in [3.63, 3.8) is 0 Å². The van der Waals surface area contributed by atoms with Crippen LogP contribution < -0.4 is 5.32 Å². The van der Waals surface area contributed by atoms with Crippen LogP contribution in [0.1, 0.15) is 85.0 Å². The minimum Gasteiger partial charge on any atom is -0.313 e.